The Morgan fingerprint density at radius 1 is 1.00 bits per heavy atom. The summed E-state index contributed by atoms with van der Waals surface area (Å²) < 4.78 is 26.4. The SMILES string of the molecule is CCc1cccc(CC)c1N(CCNC(=O)c1ccccc1C)S(C)(=O)=O. The number of amides is 1. The van der Waals surface area contributed by atoms with Gasteiger partial charge in [-0.1, -0.05) is 50.2 Å². The molecule has 2 rings (SSSR count). The number of carbonyl (C=O) groups excluding carboxylic acids is 1. The van der Waals surface area contributed by atoms with E-state index in [1.807, 2.05) is 57.2 Å². The first kappa shape index (κ1) is 21.0. The lowest BCUT2D eigenvalue weighted by Crippen LogP contribution is -2.39. The number of benzene rings is 2. The van der Waals surface area contributed by atoms with Crippen LogP contribution >= 0.6 is 0 Å². The molecular formula is C21H28N2O3S. The molecule has 146 valence electrons. The van der Waals surface area contributed by atoms with Gasteiger partial charge in [-0.25, -0.2) is 8.42 Å². The summed E-state index contributed by atoms with van der Waals surface area (Å²) in [7, 11) is -3.47. The molecule has 0 heterocycles. The van der Waals surface area contributed by atoms with Crippen molar-refractivity contribution in [3.05, 3.63) is 64.7 Å². The third kappa shape index (κ3) is 5.10. The third-order valence-corrected chi connectivity index (χ3v) is 5.77. The highest BCUT2D eigenvalue weighted by Gasteiger charge is 2.22. The van der Waals surface area contributed by atoms with Crippen molar-refractivity contribution < 1.29 is 13.2 Å². The molecule has 0 aliphatic heterocycles. The Hall–Kier alpha value is -2.34. The number of sulfonamides is 1. The molecule has 0 radical (unpaired) electrons. The van der Waals surface area contributed by atoms with Gasteiger partial charge in [-0.3, -0.25) is 9.10 Å². The lowest BCUT2D eigenvalue weighted by Gasteiger charge is -2.27. The predicted molar refractivity (Wildman–Crippen MR) is 111 cm³/mol. The molecule has 2 aromatic rings. The number of hydrogen-bond donors (Lipinski definition) is 1. The summed E-state index contributed by atoms with van der Waals surface area (Å²) in [6.45, 7) is 6.34. The molecule has 6 heteroatoms. The van der Waals surface area contributed by atoms with Crippen LogP contribution in [0.3, 0.4) is 0 Å². The van der Waals surface area contributed by atoms with Gasteiger partial charge in [-0.05, 0) is 42.5 Å². The summed E-state index contributed by atoms with van der Waals surface area (Å²) in [5.41, 5.74) is 4.22. The van der Waals surface area contributed by atoms with Crippen molar-refractivity contribution in [3.63, 3.8) is 0 Å². The Morgan fingerprint density at radius 2 is 1.59 bits per heavy atom. The van der Waals surface area contributed by atoms with Crippen LogP contribution in [0.15, 0.2) is 42.5 Å². The van der Waals surface area contributed by atoms with E-state index in [2.05, 4.69) is 5.32 Å². The fourth-order valence-electron chi connectivity index (χ4n) is 3.17. The molecule has 0 aliphatic rings. The van der Waals surface area contributed by atoms with E-state index in [0.29, 0.717) is 5.56 Å². The number of nitrogens with zero attached hydrogens (tertiary/aromatic N) is 1. The van der Waals surface area contributed by atoms with Crippen molar-refractivity contribution in [3.8, 4) is 0 Å². The van der Waals surface area contributed by atoms with E-state index in [1.165, 1.54) is 10.6 Å². The fourth-order valence-corrected chi connectivity index (χ4v) is 4.16. The van der Waals surface area contributed by atoms with Gasteiger partial charge in [0.05, 0.1) is 18.5 Å². The maximum absolute atomic E-state index is 12.5. The van der Waals surface area contributed by atoms with Gasteiger partial charge in [0, 0.05) is 12.1 Å². The second-order valence-electron chi connectivity index (χ2n) is 6.54. The first-order chi connectivity index (χ1) is 12.8. The summed E-state index contributed by atoms with van der Waals surface area (Å²) in [5, 5.41) is 2.84. The predicted octanol–water partition coefficient (Wildman–Crippen LogP) is 3.32. The lowest BCUT2D eigenvalue weighted by atomic mass is 10.0. The molecule has 0 spiro atoms. The van der Waals surface area contributed by atoms with Gasteiger partial charge in [-0.15, -0.1) is 0 Å². The van der Waals surface area contributed by atoms with Crippen LogP contribution < -0.4 is 9.62 Å². The highest BCUT2D eigenvalue weighted by molar-refractivity contribution is 7.92. The molecule has 0 bridgehead atoms. The van der Waals surface area contributed by atoms with E-state index in [1.54, 1.807) is 6.07 Å². The van der Waals surface area contributed by atoms with E-state index >= 15 is 0 Å². The van der Waals surface area contributed by atoms with E-state index < -0.39 is 10.0 Å². The van der Waals surface area contributed by atoms with Gasteiger partial charge in [0.25, 0.3) is 5.91 Å². The Kier molecular flexibility index (Phi) is 7.02. The van der Waals surface area contributed by atoms with Crippen molar-refractivity contribution in [2.75, 3.05) is 23.7 Å². The molecule has 0 saturated heterocycles. The average molecular weight is 389 g/mol. The normalized spacial score (nSPS) is 11.3. The first-order valence-corrected chi connectivity index (χ1v) is 11.1. The second kappa shape index (κ2) is 9.04. The van der Waals surface area contributed by atoms with Crippen LogP contribution in [-0.4, -0.2) is 33.7 Å². The van der Waals surface area contributed by atoms with Crippen molar-refractivity contribution in [2.45, 2.75) is 33.6 Å². The largest absolute Gasteiger partial charge is 0.350 e. The summed E-state index contributed by atoms with van der Waals surface area (Å²) in [6.07, 6.45) is 2.69. The summed E-state index contributed by atoms with van der Waals surface area (Å²) >= 11 is 0. The number of rotatable bonds is 8. The van der Waals surface area contributed by atoms with Crippen molar-refractivity contribution in [1.82, 2.24) is 5.32 Å². The maximum atomic E-state index is 12.5. The highest BCUT2D eigenvalue weighted by atomic mass is 32.2. The minimum Gasteiger partial charge on any atom is -0.350 e. The molecule has 2 aromatic carbocycles. The third-order valence-electron chi connectivity index (χ3n) is 4.60. The van der Waals surface area contributed by atoms with E-state index in [-0.39, 0.29) is 19.0 Å². The van der Waals surface area contributed by atoms with Gasteiger partial charge < -0.3 is 5.32 Å². The zero-order chi connectivity index (χ0) is 20.0. The lowest BCUT2D eigenvalue weighted by molar-refractivity contribution is 0.0954. The Bertz CT molecular complexity index is 885. The molecule has 0 unspecified atom stereocenters. The number of aryl methyl sites for hydroxylation is 3. The molecule has 1 N–H and O–H groups in total. The van der Waals surface area contributed by atoms with Crippen LogP contribution in [0.1, 0.15) is 40.9 Å². The van der Waals surface area contributed by atoms with Gasteiger partial charge >= 0.3 is 0 Å². The van der Waals surface area contributed by atoms with Crippen LogP contribution in [0, 0.1) is 6.92 Å². The monoisotopic (exact) mass is 388 g/mol. The highest BCUT2D eigenvalue weighted by Crippen LogP contribution is 2.28. The average Bonchev–Trinajstić information content (AvgIpc) is 2.64. The topological polar surface area (TPSA) is 66.5 Å². The Morgan fingerprint density at radius 3 is 2.11 bits per heavy atom. The van der Waals surface area contributed by atoms with Crippen LogP contribution in [0.2, 0.25) is 0 Å². The Balaban J connectivity index is 2.23. The molecule has 0 saturated carbocycles. The van der Waals surface area contributed by atoms with Gasteiger partial charge in [0.1, 0.15) is 0 Å². The molecule has 27 heavy (non-hydrogen) atoms. The summed E-state index contributed by atoms with van der Waals surface area (Å²) in [4.78, 5) is 12.4. The molecule has 5 nitrogen and oxygen atoms in total. The van der Waals surface area contributed by atoms with Crippen LogP contribution in [-0.2, 0) is 22.9 Å². The molecule has 0 aliphatic carbocycles. The number of nitrogens with one attached hydrogen (secondary N) is 1. The quantitative estimate of drug-likeness (QED) is 0.754. The van der Waals surface area contributed by atoms with E-state index in [4.69, 9.17) is 0 Å². The summed E-state index contributed by atoms with van der Waals surface area (Å²) in [5.74, 6) is -0.193. The smallest absolute Gasteiger partial charge is 0.251 e. The van der Waals surface area contributed by atoms with Crippen molar-refractivity contribution >= 4 is 21.6 Å². The standard InChI is InChI=1S/C21H28N2O3S/c1-5-17-11-9-12-18(6-2)20(17)23(27(4,25)26)15-14-22-21(24)19-13-8-7-10-16(19)3/h7-13H,5-6,14-15H2,1-4H3,(H,22,24). The number of anilines is 1. The van der Waals surface area contributed by atoms with Gasteiger partial charge in [-0.2, -0.15) is 0 Å². The number of para-hydroxylation sites is 1. The Labute approximate surface area is 162 Å². The number of hydrogen-bond acceptors (Lipinski definition) is 3. The van der Waals surface area contributed by atoms with Gasteiger partial charge in [0.15, 0.2) is 0 Å². The molecule has 0 fully saturated rings. The zero-order valence-corrected chi connectivity index (χ0v) is 17.3. The minimum atomic E-state index is -3.47. The second-order valence-corrected chi connectivity index (χ2v) is 8.44. The molecule has 0 atom stereocenters. The van der Waals surface area contributed by atoms with Crippen LogP contribution in [0.4, 0.5) is 5.69 Å². The van der Waals surface area contributed by atoms with Crippen LogP contribution in [0.5, 0.6) is 0 Å². The fraction of sp³-hybridized carbons (Fsp3) is 0.381. The molecule has 1 amide bonds. The van der Waals surface area contributed by atoms with E-state index in [9.17, 15) is 13.2 Å². The summed E-state index contributed by atoms with van der Waals surface area (Å²) in [6, 6.07) is 13.2. The molecular weight excluding hydrogens is 360 g/mol. The van der Waals surface area contributed by atoms with Crippen molar-refractivity contribution in [2.24, 2.45) is 0 Å². The van der Waals surface area contributed by atoms with Crippen molar-refractivity contribution in [1.29, 1.82) is 0 Å². The minimum absolute atomic E-state index is 0.193. The number of carbonyl (C=O) groups is 1. The van der Waals surface area contributed by atoms with Gasteiger partial charge in [0.2, 0.25) is 10.0 Å². The maximum Gasteiger partial charge on any atom is 0.251 e. The van der Waals surface area contributed by atoms with E-state index in [0.717, 1.165) is 35.2 Å². The molecule has 0 aromatic heterocycles. The zero-order valence-electron chi connectivity index (χ0n) is 16.5. The van der Waals surface area contributed by atoms with Crippen LogP contribution in [0.25, 0.3) is 0 Å². The first-order valence-electron chi connectivity index (χ1n) is 9.21.